The molecule has 0 saturated carbocycles. The van der Waals surface area contributed by atoms with Gasteiger partial charge in [0.2, 0.25) is 11.0 Å². The summed E-state index contributed by atoms with van der Waals surface area (Å²) in [4.78, 5) is 18.1. The minimum absolute atomic E-state index is 0.207. The number of amides is 2. The average molecular weight is 338 g/mol. The zero-order valence-corrected chi connectivity index (χ0v) is 13.7. The summed E-state index contributed by atoms with van der Waals surface area (Å²) in [5.41, 5.74) is 0. The molecule has 2 aromatic rings. The Labute approximate surface area is 136 Å². The maximum atomic E-state index is 12.5. The van der Waals surface area contributed by atoms with Crippen molar-refractivity contribution < 1.29 is 14.4 Å². The molecule has 0 radical (unpaired) electrons. The Bertz CT molecular complexity index is 687. The highest BCUT2D eigenvalue weighted by Crippen LogP contribution is 2.32. The van der Waals surface area contributed by atoms with Crippen molar-refractivity contribution in [2.75, 3.05) is 11.9 Å². The summed E-state index contributed by atoms with van der Waals surface area (Å²) in [6, 6.07) is -0.796. The molecule has 1 aliphatic rings. The Hall–Kier alpha value is -2.07. The molecule has 124 valence electrons. The van der Waals surface area contributed by atoms with E-state index in [9.17, 15) is 9.90 Å². The molecular weight excluding hydrogens is 320 g/mol. The highest BCUT2D eigenvalue weighted by atomic mass is 32.1. The van der Waals surface area contributed by atoms with Gasteiger partial charge >= 0.3 is 6.03 Å². The number of aromatic nitrogens is 4. The van der Waals surface area contributed by atoms with Crippen LogP contribution in [-0.4, -0.2) is 49.0 Å². The van der Waals surface area contributed by atoms with E-state index in [0.29, 0.717) is 23.3 Å². The summed E-state index contributed by atoms with van der Waals surface area (Å²) in [5, 5.41) is 25.7. The molecule has 23 heavy (non-hydrogen) atoms. The number of aliphatic hydroxyl groups excluding tert-OH is 1. The van der Waals surface area contributed by atoms with Crippen LogP contribution in [0.2, 0.25) is 0 Å². The quantitative estimate of drug-likeness (QED) is 0.868. The first-order valence-corrected chi connectivity index (χ1v) is 8.26. The van der Waals surface area contributed by atoms with Crippen LogP contribution in [-0.2, 0) is 6.42 Å². The summed E-state index contributed by atoms with van der Waals surface area (Å²) in [5.74, 6) is 0.827. The fourth-order valence-corrected chi connectivity index (χ4v) is 3.33. The molecule has 0 aliphatic carbocycles. The van der Waals surface area contributed by atoms with Crippen molar-refractivity contribution in [2.24, 2.45) is 0 Å². The van der Waals surface area contributed by atoms with Gasteiger partial charge in [-0.2, -0.15) is 4.98 Å². The van der Waals surface area contributed by atoms with Crippen LogP contribution in [0.3, 0.4) is 0 Å². The van der Waals surface area contributed by atoms with Gasteiger partial charge < -0.3 is 14.5 Å². The van der Waals surface area contributed by atoms with Gasteiger partial charge in [-0.05, 0) is 13.3 Å². The lowest BCUT2D eigenvalue weighted by Gasteiger charge is -2.20. The maximum absolute atomic E-state index is 12.5. The summed E-state index contributed by atoms with van der Waals surface area (Å²) in [6.45, 7) is 3.97. The third-order valence-corrected chi connectivity index (χ3v) is 4.41. The average Bonchev–Trinajstić information content (AvgIpc) is 3.20. The first kappa shape index (κ1) is 15.8. The minimum Gasteiger partial charge on any atom is -0.391 e. The number of carbonyl (C=O) groups excluding carboxylic acids is 1. The van der Waals surface area contributed by atoms with Crippen LogP contribution in [0.15, 0.2) is 4.52 Å². The molecule has 1 fully saturated rings. The molecule has 9 nitrogen and oxygen atoms in total. The van der Waals surface area contributed by atoms with Gasteiger partial charge in [-0.15, -0.1) is 10.2 Å². The lowest BCUT2D eigenvalue weighted by Crippen LogP contribution is -2.35. The zero-order valence-electron chi connectivity index (χ0n) is 12.9. The number of hydrogen-bond acceptors (Lipinski definition) is 8. The van der Waals surface area contributed by atoms with Gasteiger partial charge in [0.25, 0.3) is 0 Å². The highest BCUT2D eigenvalue weighted by molar-refractivity contribution is 7.15. The SMILES string of the molecule is CCCc1nnc(NC(=O)N2C[C@@H](O)C[C@@H]2c2nc(C)no2)s1. The van der Waals surface area contributed by atoms with Crippen LogP contribution in [0, 0.1) is 6.92 Å². The van der Waals surface area contributed by atoms with Crippen LogP contribution >= 0.6 is 11.3 Å². The number of hydrogen-bond donors (Lipinski definition) is 2. The topological polar surface area (TPSA) is 117 Å². The van der Waals surface area contributed by atoms with Crippen LogP contribution < -0.4 is 5.32 Å². The van der Waals surface area contributed by atoms with Crippen molar-refractivity contribution >= 4 is 22.5 Å². The number of urea groups is 1. The van der Waals surface area contributed by atoms with E-state index >= 15 is 0 Å². The number of nitrogens with one attached hydrogen (secondary N) is 1. The van der Waals surface area contributed by atoms with Crippen molar-refractivity contribution in [1.29, 1.82) is 0 Å². The number of rotatable bonds is 4. The minimum atomic E-state index is -0.622. The second-order valence-corrected chi connectivity index (χ2v) is 6.48. The normalized spacial score (nSPS) is 20.9. The predicted octanol–water partition coefficient (Wildman–Crippen LogP) is 1.52. The highest BCUT2D eigenvalue weighted by Gasteiger charge is 2.39. The molecule has 2 amide bonds. The van der Waals surface area contributed by atoms with Gasteiger partial charge in [0.1, 0.15) is 11.0 Å². The van der Waals surface area contributed by atoms with Gasteiger partial charge in [-0.25, -0.2) is 4.79 Å². The van der Waals surface area contributed by atoms with Crippen molar-refractivity contribution in [1.82, 2.24) is 25.2 Å². The first-order valence-electron chi connectivity index (χ1n) is 7.45. The van der Waals surface area contributed by atoms with E-state index < -0.39 is 12.1 Å². The fraction of sp³-hybridized carbons (Fsp3) is 0.615. The van der Waals surface area contributed by atoms with E-state index in [0.717, 1.165) is 17.8 Å². The van der Waals surface area contributed by atoms with E-state index in [4.69, 9.17) is 4.52 Å². The summed E-state index contributed by atoms with van der Waals surface area (Å²) in [6.07, 6.45) is 1.55. The van der Waals surface area contributed by atoms with Crippen LogP contribution in [0.1, 0.15) is 42.5 Å². The molecule has 10 heteroatoms. The maximum Gasteiger partial charge on any atom is 0.324 e. The van der Waals surface area contributed by atoms with E-state index in [1.54, 1.807) is 6.92 Å². The molecule has 3 rings (SSSR count). The van der Waals surface area contributed by atoms with E-state index in [-0.39, 0.29) is 12.6 Å². The lowest BCUT2D eigenvalue weighted by atomic mass is 10.2. The van der Waals surface area contributed by atoms with Crippen LogP contribution in [0.25, 0.3) is 0 Å². The summed E-state index contributed by atoms with van der Waals surface area (Å²) < 4.78 is 5.14. The fourth-order valence-electron chi connectivity index (χ4n) is 2.50. The predicted molar refractivity (Wildman–Crippen MR) is 82.0 cm³/mol. The third kappa shape index (κ3) is 3.48. The Morgan fingerprint density at radius 3 is 3.04 bits per heavy atom. The molecule has 0 unspecified atom stereocenters. The Morgan fingerprint density at radius 1 is 1.52 bits per heavy atom. The number of nitrogens with zero attached hydrogens (tertiary/aromatic N) is 5. The number of likely N-dealkylation sites (tertiary alicyclic amines) is 1. The van der Waals surface area contributed by atoms with Gasteiger partial charge in [0.15, 0.2) is 5.82 Å². The molecule has 0 bridgehead atoms. The van der Waals surface area contributed by atoms with Crippen LogP contribution in [0.5, 0.6) is 0 Å². The van der Waals surface area contributed by atoms with Crippen LogP contribution in [0.4, 0.5) is 9.93 Å². The molecule has 3 heterocycles. The number of anilines is 1. The van der Waals surface area contributed by atoms with Gasteiger partial charge in [-0.1, -0.05) is 23.4 Å². The summed E-state index contributed by atoms with van der Waals surface area (Å²) in [7, 11) is 0. The van der Waals surface area contributed by atoms with E-state index in [1.807, 2.05) is 0 Å². The number of β-amino-alcohol motifs (C(OH)–C–C–N with tert-alkyl or cyclic N) is 1. The zero-order chi connectivity index (χ0) is 16.4. The monoisotopic (exact) mass is 338 g/mol. The Morgan fingerprint density at radius 2 is 2.35 bits per heavy atom. The summed E-state index contributed by atoms with van der Waals surface area (Å²) >= 11 is 1.35. The second kappa shape index (κ2) is 6.59. The van der Waals surface area contributed by atoms with Crippen molar-refractivity contribution in [3.63, 3.8) is 0 Å². The van der Waals surface area contributed by atoms with E-state index in [1.165, 1.54) is 16.2 Å². The molecule has 0 spiro atoms. The Balaban J connectivity index is 1.71. The third-order valence-electron chi connectivity index (χ3n) is 3.51. The second-order valence-electron chi connectivity index (χ2n) is 5.42. The largest absolute Gasteiger partial charge is 0.391 e. The van der Waals surface area contributed by atoms with Gasteiger partial charge in [0, 0.05) is 19.4 Å². The van der Waals surface area contributed by atoms with Crippen molar-refractivity contribution in [2.45, 2.75) is 45.3 Å². The number of aryl methyl sites for hydroxylation is 2. The Kier molecular flexibility index (Phi) is 4.53. The van der Waals surface area contributed by atoms with Crippen molar-refractivity contribution in [3.05, 3.63) is 16.7 Å². The smallest absolute Gasteiger partial charge is 0.324 e. The molecule has 2 aromatic heterocycles. The van der Waals surface area contributed by atoms with Gasteiger partial charge in [0.05, 0.1) is 6.10 Å². The molecule has 1 saturated heterocycles. The molecule has 1 aliphatic heterocycles. The molecule has 2 N–H and O–H groups in total. The molecular formula is C13H18N6O3S. The van der Waals surface area contributed by atoms with Crippen molar-refractivity contribution in [3.8, 4) is 0 Å². The number of aliphatic hydroxyl groups is 1. The first-order chi connectivity index (χ1) is 11.1. The molecule has 0 aromatic carbocycles. The number of carbonyl (C=O) groups is 1. The van der Waals surface area contributed by atoms with E-state index in [2.05, 4.69) is 32.6 Å². The van der Waals surface area contributed by atoms with Gasteiger partial charge in [-0.3, -0.25) is 5.32 Å². The molecule has 2 atom stereocenters. The standard InChI is InChI=1S/C13H18N6O3S/c1-3-4-10-16-17-12(23-10)15-13(21)19-6-8(20)5-9(19)11-14-7(2)18-22-11/h8-9,20H,3-6H2,1-2H3,(H,15,17,21)/t8-,9+/m0/s1. The lowest BCUT2D eigenvalue weighted by molar-refractivity contribution is 0.174.